The fourth-order valence-corrected chi connectivity index (χ4v) is 2.47. The van der Waals surface area contributed by atoms with Crippen LogP contribution in [-0.2, 0) is 13.1 Å². The number of hydrogen-bond donors (Lipinski definition) is 3. The van der Waals surface area contributed by atoms with Crippen LogP contribution in [0.25, 0.3) is 0 Å². The number of aliphatic imine (C=N–C) groups is 1. The maximum atomic E-state index is 9.84. The van der Waals surface area contributed by atoms with Crippen LogP contribution in [-0.4, -0.2) is 28.7 Å². The van der Waals surface area contributed by atoms with Crippen LogP contribution >= 0.6 is 0 Å². The van der Waals surface area contributed by atoms with E-state index in [4.69, 9.17) is 0 Å². The molecule has 0 unspecified atom stereocenters. The first kappa shape index (κ1) is 16.9. The number of rotatable bonds is 6. The Balaban J connectivity index is 1.95. The summed E-state index contributed by atoms with van der Waals surface area (Å²) in [5.41, 5.74) is 2.88. The number of phenolic OH excluding ortho intramolecular Hbond substituents is 1. The van der Waals surface area contributed by atoms with Crippen LogP contribution < -0.4 is 10.6 Å². The number of guanidine groups is 1. The lowest BCUT2D eigenvalue weighted by atomic mass is 10.1. The van der Waals surface area contributed by atoms with E-state index in [9.17, 15) is 5.11 Å². The van der Waals surface area contributed by atoms with Crippen LogP contribution in [0.4, 0.5) is 0 Å². The summed E-state index contributed by atoms with van der Waals surface area (Å²) in [6.45, 7) is 9.00. The maximum absolute atomic E-state index is 9.84. The van der Waals surface area contributed by atoms with E-state index in [2.05, 4.69) is 27.1 Å². The number of hydrogen-bond acceptors (Lipinski definition) is 2. The predicted molar refractivity (Wildman–Crippen MR) is 94.8 cm³/mol. The largest absolute Gasteiger partial charge is 0.507 e. The van der Waals surface area contributed by atoms with Gasteiger partial charge in [0.2, 0.25) is 0 Å². The summed E-state index contributed by atoms with van der Waals surface area (Å²) in [6, 6.07) is 8.01. The highest BCUT2D eigenvalue weighted by Gasteiger charge is 2.04. The van der Waals surface area contributed by atoms with Gasteiger partial charge in [0, 0.05) is 32.0 Å². The van der Waals surface area contributed by atoms with Crippen molar-refractivity contribution in [3.05, 3.63) is 53.3 Å². The minimum absolute atomic E-state index is 0.370. The van der Waals surface area contributed by atoms with Gasteiger partial charge in [0.05, 0.1) is 6.54 Å². The number of phenols is 1. The summed E-state index contributed by atoms with van der Waals surface area (Å²) in [7, 11) is 0. The van der Waals surface area contributed by atoms with Crippen LogP contribution in [0.15, 0.2) is 41.7 Å². The van der Waals surface area contributed by atoms with Crippen molar-refractivity contribution >= 4 is 5.96 Å². The molecule has 5 nitrogen and oxygen atoms in total. The lowest BCUT2D eigenvalue weighted by Gasteiger charge is -2.12. The van der Waals surface area contributed by atoms with E-state index in [1.165, 1.54) is 0 Å². The van der Waals surface area contributed by atoms with Gasteiger partial charge in [-0.2, -0.15) is 0 Å². The van der Waals surface area contributed by atoms with Crippen molar-refractivity contribution in [1.82, 2.24) is 15.2 Å². The summed E-state index contributed by atoms with van der Waals surface area (Å²) in [5.74, 6) is 1.18. The van der Waals surface area contributed by atoms with Crippen LogP contribution in [0, 0.1) is 13.8 Å². The third-order valence-electron chi connectivity index (χ3n) is 3.64. The zero-order chi connectivity index (χ0) is 16.7. The summed E-state index contributed by atoms with van der Waals surface area (Å²) >= 11 is 0. The van der Waals surface area contributed by atoms with E-state index in [0.29, 0.717) is 12.3 Å². The van der Waals surface area contributed by atoms with Gasteiger partial charge in [-0.1, -0.05) is 12.1 Å². The van der Waals surface area contributed by atoms with Gasteiger partial charge < -0.3 is 20.3 Å². The first-order valence-corrected chi connectivity index (χ1v) is 8.02. The van der Waals surface area contributed by atoms with Gasteiger partial charge in [0.25, 0.3) is 0 Å². The second-order valence-electron chi connectivity index (χ2n) is 5.62. The average Bonchev–Trinajstić information content (AvgIpc) is 3.03. The van der Waals surface area contributed by atoms with E-state index in [0.717, 1.165) is 42.3 Å². The Bertz CT molecular complexity index is 624. The van der Waals surface area contributed by atoms with Crippen LogP contribution in [0.1, 0.15) is 23.6 Å². The normalized spacial score (nSPS) is 11.5. The molecule has 1 aromatic carbocycles. The van der Waals surface area contributed by atoms with Gasteiger partial charge in [0.15, 0.2) is 5.96 Å². The smallest absolute Gasteiger partial charge is 0.191 e. The van der Waals surface area contributed by atoms with Crippen molar-refractivity contribution in [2.75, 3.05) is 13.1 Å². The van der Waals surface area contributed by atoms with Gasteiger partial charge in [-0.3, -0.25) is 0 Å². The number of nitrogens with zero attached hydrogens (tertiary/aromatic N) is 2. The van der Waals surface area contributed by atoms with Crippen molar-refractivity contribution in [2.24, 2.45) is 4.99 Å². The summed E-state index contributed by atoms with van der Waals surface area (Å²) in [6.07, 6.45) is 4.10. The van der Waals surface area contributed by atoms with Gasteiger partial charge in [0.1, 0.15) is 5.75 Å². The molecule has 0 radical (unpaired) electrons. The van der Waals surface area contributed by atoms with Gasteiger partial charge in [-0.15, -0.1) is 0 Å². The van der Waals surface area contributed by atoms with Crippen molar-refractivity contribution in [3.63, 3.8) is 0 Å². The second kappa shape index (κ2) is 8.27. The predicted octanol–water partition coefficient (Wildman–Crippen LogP) is 2.57. The minimum atomic E-state index is 0.370. The first-order valence-electron chi connectivity index (χ1n) is 8.02. The number of aryl methyl sites for hydroxylation is 2. The lowest BCUT2D eigenvalue weighted by molar-refractivity contribution is 0.466. The number of nitrogens with one attached hydrogen (secondary N) is 2. The molecular weight excluding hydrogens is 288 g/mol. The van der Waals surface area contributed by atoms with E-state index in [-0.39, 0.29) is 0 Å². The zero-order valence-electron chi connectivity index (χ0n) is 14.1. The quantitative estimate of drug-likeness (QED) is 0.567. The molecule has 0 amide bonds. The fraction of sp³-hybridized carbons (Fsp3) is 0.389. The molecule has 0 spiro atoms. The molecule has 23 heavy (non-hydrogen) atoms. The second-order valence-corrected chi connectivity index (χ2v) is 5.62. The van der Waals surface area contributed by atoms with Gasteiger partial charge in [-0.05, 0) is 49.6 Å². The van der Waals surface area contributed by atoms with E-state index in [1.54, 1.807) is 0 Å². The van der Waals surface area contributed by atoms with Crippen molar-refractivity contribution < 1.29 is 5.11 Å². The molecule has 0 saturated heterocycles. The summed E-state index contributed by atoms with van der Waals surface area (Å²) < 4.78 is 2.13. The van der Waals surface area contributed by atoms with Gasteiger partial charge >= 0.3 is 0 Å². The third kappa shape index (κ3) is 5.06. The van der Waals surface area contributed by atoms with E-state index in [1.807, 2.05) is 50.5 Å². The van der Waals surface area contributed by atoms with Crippen LogP contribution in [0.3, 0.4) is 0 Å². The SMILES string of the molecule is CCNC(=NCc1cc(C)c(O)c(C)c1)NCCn1cccc1. The van der Waals surface area contributed by atoms with Crippen LogP contribution in [0.5, 0.6) is 5.75 Å². The summed E-state index contributed by atoms with van der Waals surface area (Å²) in [5, 5.41) is 16.4. The number of aromatic nitrogens is 1. The molecule has 3 N–H and O–H groups in total. The molecular formula is C18H26N4O. The maximum Gasteiger partial charge on any atom is 0.191 e. The monoisotopic (exact) mass is 314 g/mol. The van der Waals surface area contributed by atoms with E-state index >= 15 is 0 Å². The lowest BCUT2D eigenvalue weighted by Crippen LogP contribution is -2.38. The topological polar surface area (TPSA) is 61.6 Å². The molecule has 124 valence electrons. The molecule has 0 aliphatic carbocycles. The Morgan fingerprint density at radius 2 is 1.78 bits per heavy atom. The first-order chi connectivity index (χ1) is 11.1. The molecule has 0 aliphatic rings. The zero-order valence-corrected chi connectivity index (χ0v) is 14.1. The molecule has 0 saturated carbocycles. The van der Waals surface area contributed by atoms with Gasteiger partial charge in [-0.25, -0.2) is 4.99 Å². The highest BCUT2D eigenvalue weighted by atomic mass is 16.3. The molecule has 1 heterocycles. The molecule has 0 atom stereocenters. The molecule has 0 fully saturated rings. The minimum Gasteiger partial charge on any atom is -0.507 e. The molecule has 0 bridgehead atoms. The Morgan fingerprint density at radius 1 is 1.13 bits per heavy atom. The Morgan fingerprint density at radius 3 is 2.39 bits per heavy atom. The standard InChI is InChI=1S/C18H26N4O/c1-4-19-18(20-7-10-22-8-5-6-9-22)21-13-16-11-14(2)17(23)15(3)12-16/h5-6,8-9,11-12,23H,4,7,10,13H2,1-3H3,(H2,19,20,21). The molecule has 2 rings (SSSR count). The fourth-order valence-electron chi connectivity index (χ4n) is 2.47. The third-order valence-corrected chi connectivity index (χ3v) is 3.64. The molecule has 5 heteroatoms. The number of benzene rings is 1. The highest BCUT2D eigenvalue weighted by Crippen LogP contribution is 2.23. The summed E-state index contributed by atoms with van der Waals surface area (Å²) in [4.78, 5) is 4.62. The molecule has 0 aliphatic heterocycles. The Kier molecular flexibility index (Phi) is 6.09. The molecule has 2 aromatic rings. The van der Waals surface area contributed by atoms with Crippen molar-refractivity contribution in [1.29, 1.82) is 0 Å². The average molecular weight is 314 g/mol. The highest BCUT2D eigenvalue weighted by molar-refractivity contribution is 5.79. The van der Waals surface area contributed by atoms with Crippen molar-refractivity contribution in [2.45, 2.75) is 33.9 Å². The Hall–Kier alpha value is -2.43. The number of aromatic hydroxyl groups is 1. The van der Waals surface area contributed by atoms with Crippen LogP contribution in [0.2, 0.25) is 0 Å². The van der Waals surface area contributed by atoms with Crippen molar-refractivity contribution in [3.8, 4) is 5.75 Å². The Labute approximate surface area is 138 Å². The van der Waals surface area contributed by atoms with E-state index < -0.39 is 0 Å². The molecule has 1 aromatic heterocycles.